The molecule has 2 fully saturated rings. The second kappa shape index (κ2) is 4.94. The highest BCUT2D eigenvalue weighted by Gasteiger charge is 2.41. The molecule has 2 aliphatic rings. The summed E-state index contributed by atoms with van der Waals surface area (Å²) in [5.74, 6) is 0.0669. The molecule has 0 bridgehead atoms. The van der Waals surface area contributed by atoms with E-state index in [9.17, 15) is 8.42 Å². The van der Waals surface area contributed by atoms with Gasteiger partial charge in [0.05, 0.1) is 11.1 Å². The van der Waals surface area contributed by atoms with E-state index in [1.807, 2.05) is 0 Å². The summed E-state index contributed by atoms with van der Waals surface area (Å²) < 4.78 is 26.5. The first-order valence-electron chi connectivity index (χ1n) is 6.35. The van der Waals surface area contributed by atoms with Gasteiger partial charge in [-0.1, -0.05) is 12.8 Å². The monoisotopic (exact) mass is 259 g/mol. The van der Waals surface area contributed by atoms with Crippen molar-refractivity contribution >= 4 is 15.9 Å². The lowest BCUT2D eigenvalue weighted by atomic mass is 10.4. The highest BCUT2D eigenvalue weighted by Crippen LogP contribution is 2.34. The van der Waals surface area contributed by atoms with Gasteiger partial charge in [0.15, 0.2) is 0 Å². The molecule has 6 heteroatoms. The van der Waals surface area contributed by atoms with Crippen LogP contribution in [-0.2, 0) is 10.0 Å². The normalized spacial score (nSPS) is 22.2. The molecule has 0 atom stereocenters. The van der Waals surface area contributed by atoms with E-state index in [-0.39, 0.29) is 17.1 Å². The molecule has 0 aromatic rings. The Labute approximate surface area is 103 Å². The highest BCUT2D eigenvalue weighted by molar-refractivity contribution is 7.89. The third-order valence-corrected chi connectivity index (χ3v) is 6.05. The molecule has 0 saturated heterocycles. The lowest BCUT2D eigenvalue weighted by Gasteiger charge is -2.25. The van der Waals surface area contributed by atoms with Crippen LogP contribution in [-0.4, -0.2) is 36.4 Å². The maximum Gasteiger partial charge on any atom is 0.217 e. The van der Waals surface area contributed by atoms with Crippen LogP contribution in [0.4, 0.5) is 0 Å². The number of hydrogen-bond acceptors (Lipinski definition) is 3. The van der Waals surface area contributed by atoms with Crippen LogP contribution in [0.5, 0.6) is 0 Å². The maximum absolute atomic E-state index is 12.4. The van der Waals surface area contributed by atoms with Crippen LogP contribution in [0.25, 0.3) is 0 Å². The minimum absolute atomic E-state index is 0.0669. The fourth-order valence-electron chi connectivity index (χ4n) is 2.49. The van der Waals surface area contributed by atoms with Gasteiger partial charge in [0.2, 0.25) is 10.0 Å². The summed E-state index contributed by atoms with van der Waals surface area (Å²) in [5, 5.41) is 7.03. The topological polar surface area (TPSA) is 87.2 Å². The Kier molecular flexibility index (Phi) is 3.73. The van der Waals surface area contributed by atoms with Crippen molar-refractivity contribution in [3.63, 3.8) is 0 Å². The van der Waals surface area contributed by atoms with Crippen LogP contribution in [0.15, 0.2) is 0 Å². The summed E-state index contributed by atoms with van der Waals surface area (Å²) in [6, 6.07) is 0.181. The van der Waals surface area contributed by atoms with Gasteiger partial charge in [-0.15, -0.1) is 0 Å². The van der Waals surface area contributed by atoms with Crippen molar-refractivity contribution < 1.29 is 8.42 Å². The largest absolute Gasteiger partial charge is 0.388 e. The van der Waals surface area contributed by atoms with Gasteiger partial charge in [-0.2, -0.15) is 4.31 Å². The first-order valence-corrected chi connectivity index (χ1v) is 7.85. The summed E-state index contributed by atoms with van der Waals surface area (Å²) in [5.41, 5.74) is 5.32. The molecule has 0 aromatic heterocycles. The quantitative estimate of drug-likeness (QED) is 0.552. The number of hydrogen-bond donors (Lipinski definition) is 2. The van der Waals surface area contributed by atoms with Gasteiger partial charge < -0.3 is 5.73 Å². The Morgan fingerprint density at radius 2 is 1.82 bits per heavy atom. The average Bonchev–Trinajstić information content (AvgIpc) is 2.92. The van der Waals surface area contributed by atoms with E-state index in [0.29, 0.717) is 13.0 Å². The zero-order chi connectivity index (χ0) is 12.5. The van der Waals surface area contributed by atoms with Crippen molar-refractivity contribution in [2.75, 3.05) is 6.54 Å². The zero-order valence-corrected chi connectivity index (χ0v) is 10.9. The minimum Gasteiger partial charge on any atom is -0.388 e. The van der Waals surface area contributed by atoms with Gasteiger partial charge in [-0.25, -0.2) is 8.42 Å². The molecule has 3 N–H and O–H groups in total. The van der Waals surface area contributed by atoms with Crippen molar-refractivity contribution in [3.05, 3.63) is 0 Å². The van der Waals surface area contributed by atoms with E-state index in [1.54, 1.807) is 4.31 Å². The summed E-state index contributed by atoms with van der Waals surface area (Å²) in [6.07, 6.45) is 5.91. The van der Waals surface area contributed by atoms with Crippen LogP contribution in [0.2, 0.25) is 0 Å². The van der Waals surface area contributed by atoms with Crippen molar-refractivity contribution in [3.8, 4) is 0 Å². The van der Waals surface area contributed by atoms with Crippen LogP contribution >= 0.6 is 0 Å². The zero-order valence-electron chi connectivity index (χ0n) is 10.1. The molecule has 2 aliphatic carbocycles. The minimum atomic E-state index is -3.15. The summed E-state index contributed by atoms with van der Waals surface area (Å²) in [7, 11) is -3.15. The molecular formula is C11H21N3O2S. The summed E-state index contributed by atoms with van der Waals surface area (Å²) >= 11 is 0. The predicted octanol–water partition coefficient (Wildman–Crippen LogP) is 1.05. The molecule has 0 unspecified atom stereocenters. The maximum atomic E-state index is 12.4. The fourth-order valence-corrected chi connectivity index (χ4v) is 4.77. The first kappa shape index (κ1) is 12.8. The van der Waals surface area contributed by atoms with Crippen LogP contribution in [0.1, 0.15) is 44.9 Å². The fraction of sp³-hybridized carbons (Fsp3) is 0.909. The van der Waals surface area contributed by atoms with Gasteiger partial charge in [0.1, 0.15) is 0 Å². The Balaban J connectivity index is 2.05. The SMILES string of the molecule is N=C(N)CCN(C1CC1)S(=O)(=O)C1CCCC1. The van der Waals surface area contributed by atoms with E-state index in [2.05, 4.69) is 0 Å². The van der Waals surface area contributed by atoms with E-state index in [4.69, 9.17) is 11.1 Å². The lowest BCUT2D eigenvalue weighted by Crippen LogP contribution is -2.40. The van der Waals surface area contributed by atoms with E-state index < -0.39 is 10.0 Å². The molecule has 0 amide bonds. The molecule has 0 heterocycles. The number of nitrogens with zero attached hydrogens (tertiary/aromatic N) is 1. The average molecular weight is 259 g/mol. The lowest BCUT2D eigenvalue weighted by molar-refractivity contribution is 0.404. The first-order chi connectivity index (χ1) is 8.01. The smallest absolute Gasteiger partial charge is 0.217 e. The Morgan fingerprint density at radius 3 is 2.29 bits per heavy atom. The van der Waals surface area contributed by atoms with Crippen molar-refractivity contribution in [2.45, 2.75) is 56.2 Å². The summed E-state index contributed by atoms with van der Waals surface area (Å²) in [6.45, 7) is 0.388. The molecule has 5 nitrogen and oxygen atoms in total. The molecule has 17 heavy (non-hydrogen) atoms. The Hall–Kier alpha value is -0.620. The van der Waals surface area contributed by atoms with Gasteiger partial charge >= 0.3 is 0 Å². The number of sulfonamides is 1. The molecule has 0 aromatic carbocycles. The Bertz CT molecular complexity index is 384. The van der Waals surface area contributed by atoms with Crippen LogP contribution in [0.3, 0.4) is 0 Å². The van der Waals surface area contributed by atoms with Crippen molar-refractivity contribution in [1.82, 2.24) is 4.31 Å². The predicted molar refractivity (Wildman–Crippen MR) is 67.4 cm³/mol. The van der Waals surface area contributed by atoms with Crippen molar-refractivity contribution in [2.24, 2.45) is 5.73 Å². The molecular weight excluding hydrogens is 238 g/mol. The number of rotatable bonds is 6. The van der Waals surface area contributed by atoms with E-state index in [1.165, 1.54) is 0 Å². The number of amidine groups is 1. The van der Waals surface area contributed by atoms with Gasteiger partial charge in [0.25, 0.3) is 0 Å². The third-order valence-electron chi connectivity index (χ3n) is 3.61. The number of nitrogens with one attached hydrogen (secondary N) is 1. The Morgan fingerprint density at radius 1 is 1.24 bits per heavy atom. The van der Waals surface area contributed by atoms with Crippen LogP contribution < -0.4 is 5.73 Å². The third kappa shape index (κ3) is 2.98. The van der Waals surface area contributed by atoms with Crippen LogP contribution in [0, 0.1) is 5.41 Å². The van der Waals surface area contributed by atoms with Crippen molar-refractivity contribution in [1.29, 1.82) is 5.41 Å². The van der Waals surface area contributed by atoms with E-state index >= 15 is 0 Å². The highest BCUT2D eigenvalue weighted by atomic mass is 32.2. The summed E-state index contributed by atoms with van der Waals surface area (Å²) in [4.78, 5) is 0. The van der Waals surface area contributed by atoms with Gasteiger partial charge in [-0.3, -0.25) is 5.41 Å². The molecule has 98 valence electrons. The standard InChI is InChI=1S/C11H21N3O2S/c12-11(13)7-8-14(9-5-6-9)17(15,16)10-3-1-2-4-10/h9-10H,1-8H2,(H3,12,13). The second-order valence-corrected chi connectivity index (χ2v) is 7.23. The molecule has 2 saturated carbocycles. The number of nitrogens with two attached hydrogens (primary N) is 1. The molecule has 2 rings (SSSR count). The molecule has 0 radical (unpaired) electrons. The van der Waals surface area contributed by atoms with Gasteiger partial charge in [0, 0.05) is 19.0 Å². The van der Waals surface area contributed by atoms with E-state index in [0.717, 1.165) is 38.5 Å². The van der Waals surface area contributed by atoms with Gasteiger partial charge in [-0.05, 0) is 25.7 Å². The molecule has 0 aliphatic heterocycles. The second-order valence-electron chi connectivity index (χ2n) is 5.07. The molecule has 0 spiro atoms.